The summed E-state index contributed by atoms with van der Waals surface area (Å²) in [6, 6.07) is 0. The van der Waals surface area contributed by atoms with Gasteiger partial charge in [0.2, 0.25) is 0 Å². The second kappa shape index (κ2) is 16.6. The summed E-state index contributed by atoms with van der Waals surface area (Å²) in [5.74, 6) is -2.81. The minimum Gasteiger partial charge on any atom is -0.478 e. The molecule has 7 nitrogen and oxygen atoms in total. The lowest BCUT2D eigenvalue weighted by Gasteiger charge is -1.79. The van der Waals surface area contributed by atoms with Crippen molar-refractivity contribution in [1.29, 1.82) is 0 Å². The molecule has 0 aromatic heterocycles. The van der Waals surface area contributed by atoms with Crippen molar-refractivity contribution in [1.82, 2.24) is 0 Å². The Balaban J connectivity index is -0.0000000902. The summed E-state index contributed by atoms with van der Waals surface area (Å²) in [5, 5.41) is 30.7. The summed E-state index contributed by atoms with van der Waals surface area (Å²) in [5.41, 5.74) is 0.528. The second-order valence-corrected chi connectivity index (χ2v) is 3.26. The lowest BCUT2D eigenvalue weighted by molar-refractivity contribution is -0.133. The summed E-state index contributed by atoms with van der Waals surface area (Å²) in [6.07, 6.45) is 0. The Labute approximate surface area is 118 Å². The van der Waals surface area contributed by atoms with Crippen LogP contribution in [0.1, 0.15) is 20.8 Å². The van der Waals surface area contributed by atoms with Crippen LogP contribution in [0, 0.1) is 0 Å². The molecule has 4 N–H and O–H groups in total. The molecule has 0 amide bonds. The van der Waals surface area contributed by atoms with E-state index in [1.165, 1.54) is 20.8 Å². The van der Waals surface area contributed by atoms with Crippen molar-refractivity contribution in [2.45, 2.75) is 20.8 Å². The van der Waals surface area contributed by atoms with Crippen LogP contribution in [0.25, 0.3) is 0 Å². The number of carbonyl (C=O) groups is 3. The van der Waals surface area contributed by atoms with Gasteiger partial charge in [0.05, 0.1) is 0 Å². The molecule has 0 atom stereocenters. The maximum atomic E-state index is 9.60. The van der Waals surface area contributed by atoms with Crippen LogP contribution in [0.15, 0.2) is 36.5 Å². The number of rotatable bonds is 3. The Morgan fingerprint density at radius 3 is 0.650 bits per heavy atom. The Bertz CT molecular complexity index is 274. The molecule has 0 aliphatic rings. The molecule has 0 saturated carbocycles. The average Bonchev–Trinajstić information content (AvgIpc) is 2.32. The number of hydrogen-bond donors (Lipinski definition) is 4. The molecule has 7 heteroatoms. The minimum atomic E-state index is -0.935. The van der Waals surface area contributed by atoms with E-state index in [9.17, 15) is 14.4 Å². The van der Waals surface area contributed by atoms with Gasteiger partial charge in [-0.2, -0.15) is 0 Å². The summed E-state index contributed by atoms with van der Waals surface area (Å²) in [4.78, 5) is 28.8. The van der Waals surface area contributed by atoms with E-state index in [1.54, 1.807) is 0 Å². The first kappa shape index (κ1) is 26.2. The zero-order valence-corrected chi connectivity index (χ0v) is 12.1. The van der Waals surface area contributed by atoms with Crippen LogP contribution in [-0.4, -0.2) is 45.4 Å². The van der Waals surface area contributed by atoms with Crippen molar-refractivity contribution in [2.24, 2.45) is 0 Å². The van der Waals surface area contributed by atoms with Gasteiger partial charge in [-0.1, -0.05) is 19.7 Å². The van der Waals surface area contributed by atoms with E-state index >= 15 is 0 Å². The van der Waals surface area contributed by atoms with E-state index in [0.29, 0.717) is 0 Å². The Kier molecular flexibility index (Phi) is 21.7. The fourth-order valence-corrected chi connectivity index (χ4v) is 0. The molecule has 0 rings (SSSR count). The second-order valence-electron chi connectivity index (χ2n) is 3.26. The monoisotopic (exact) mass is 290 g/mol. The molecule has 116 valence electrons. The van der Waals surface area contributed by atoms with Crippen molar-refractivity contribution >= 4 is 17.9 Å². The van der Waals surface area contributed by atoms with Gasteiger partial charge in [0, 0.05) is 23.8 Å². The maximum Gasteiger partial charge on any atom is 0.330 e. The van der Waals surface area contributed by atoms with Crippen molar-refractivity contribution in [3.05, 3.63) is 36.5 Å². The normalized spacial score (nSPS) is 7.05. The first-order valence-corrected chi connectivity index (χ1v) is 5.04. The molecule has 20 heavy (non-hydrogen) atoms. The van der Waals surface area contributed by atoms with Gasteiger partial charge in [-0.3, -0.25) is 0 Å². The van der Waals surface area contributed by atoms with Gasteiger partial charge in [-0.05, 0) is 20.8 Å². The number of aliphatic hydroxyl groups excluding tert-OH is 1. The van der Waals surface area contributed by atoms with Crippen LogP contribution in [0.2, 0.25) is 0 Å². The summed E-state index contributed by atoms with van der Waals surface area (Å²) < 4.78 is 0. The van der Waals surface area contributed by atoms with E-state index in [1.807, 2.05) is 0 Å². The van der Waals surface area contributed by atoms with Crippen LogP contribution in [-0.2, 0) is 14.4 Å². The Morgan fingerprint density at radius 1 is 0.600 bits per heavy atom. The molecule has 0 heterocycles. The molecule has 0 bridgehead atoms. The lowest BCUT2D eigenvalue weighted by Crippen LogP contribution is -1.92. The molecule has 0 spiro atoms. The van der Waals surface area contributed by atoms with E-state index in [-0.39, 0.29) is 16.7 Å². The molecule has 0 saturated heterocycles. The van der Waals surface area contributed by atoms with Gasteiger partial charge >= 0.3 is 17.9 Å². The third-order valence-electron chi connectivity index (χ3n) is 1.10. The number of carboxylic acid groups (broad SMARTS) is 3. The van der Waals surface area contributed by atoms with Crippen LogP contribution >= 0.6 is 0 Å². The fourth-order valence-electron chi connectivity index (χ4n) is 0. The summed E-state index contributed by atoms with van der Waals surface area (Å²) in [7, 11) is 1.00. The number of carboxylic acids is 3. The van der Waals surface area contributed by atoms with Crippen molar-refractivity contribution in [2.75, 3.05) is 7.11 Å². The fraction of sp³-hybridized carbons (Fsp3) is 0.308. The van der Waals surface area contributed by atoms with Crippen molar-refractivity contribution < 1.29 is 34.8 Å². The largest absolute Gasteiger partial charge is 0.478 e. The third kappa shape index (κ3) is 36.1. The highest BCUT2D eigenvalue weighted by molar-refractivity contribution is 5.85. The van der Waals surface area contributed by atoms with Gasteiger partial charge in [-0.25, -0.2) is 14.4 Å². The van der Waals surface area contributed by atoms with Crippen molar-refractivity contribution in [3.63, 3.8) is 0 Å². The van der Waals surface area contributed by atoms with Gasteiger partial charge in [0.25, 0.3) is 0 Å². The van der Waals surface area contributed by atoms with Crippen LogP contribution in [0.3, 0.4) is 0 Å². The molecule has 0 aliphatic carbocycles. The third-order valence-corrected chi connectivity index (χ3v) is 1.10. The highest BCUT2D eigenvalue weighted by atomic mass is 16.4. The number of aliphatic hydroxyl groups is 1. The molecule has 0 aliphatic heterocycles. The molecular weight excluding hydrogens is 268 g/mol. The van der Waals surface area contributed by atoms with E-state index in [2.05, 4.69) is 19.7 Å². The summed E-state index contributed by atoms with van der Waals surface area (Å²) in [6.45, 7) is 13.8. The number of aliphatic carboxylic acids is 3. The average molecular weight is 290 g/mol. The lowest BCUT2D eigenvalue weighted by atomic mass is 10.4. The maximum absolute atomic E-state index is 9.60. The first-order valence-electron chi connectivity index (χ1n) is 5.04. The van der Waals surface area contributed by atoms with Gasteiger partial charge in [0.15, 0.2) is 0 Å². The predicted octanol–water partition coefficient (Wildman–Crippen LogP) is 1.55. The van der Waals surface area contributed by atoms with E-state index in [4.69, 9.17) is 20.4 Å². The molecular formula is C13H22O7. The predicted molar refractivity (Wildman–Crippen MR) is 75.5 cm³/mol. The van der Waals surface area contributed by atoms with E-state index < -0.39 is 17.9 Å². The minimum absolute atomic E-state index is 0.176. The van der Waals surface area contributed by atoms with Crippen LogP contribution in [0.4, 0.5) is 0 Å². The Hall–Kier alpha value is -2.41. The molecule has 0 fully saturated rings. The van der Waals surface area contributed by atoms with Crippen LogP contribution in [0.5, 0.6) is 0 Å². The van der Waals surface area contributed by atoms with Crippen molar-refractivity contribution in [3.8, 4) is 0 Å². The molecule has 0 radical (unpaired) electrons. The standard InChI is InChI=1S/3C4H6O2.CH4O/c3*1-3(2)4(5)6;1-2/h3*1H2,2H3,(H,5,6);2H,1H3. The first-order chi connectivity index (χ1) is 8.93. The van der Waals surface area contributed by atoms with E-state index in [0.717, 1.165) is 7.11 Å². The zero-order valence-electron chi connectivity index (χ0n) is 12.1. The highest BCUT2D eigenvalue weighted by Gasteiger charge is 1.91. The molecule has 0 unspecified atom stereocenters. The SMILES string of the molecule is C=C(C)C(=O)O.C=C(C)C(=O)O.C=C(C)C(=O)O.CO. The van der Waals surface area contributed by atoms with Gasteiger partial charge < -0.3 is 20.4 Å². The summed E-state index contributed by atoms with van der Waals surface area (Å²) >= 11 is 0. The smallest absolute Gasteiger partial charge is 0.330 e. The Morgan fingerprint density at radius 2 is 0.650 bits per heavy atom. The topological polar surface area (TPSA) is 132 Å². The van der Waals surface area contributed by atoms with Crippen LogP contribution < -0.4 is 0 Å². The molecule has 0 aromatic rings. The number of hydrogen-bond acceptors (Lipinski definition) is 4. The van der Waals surface area contributed by atoms with Gasteiger partial charge in [-0.15, -0.1) is 0 Å². The quantitative estimate of drug-likeness (QED) is 0.579. The molecule has 0 aromatic carbocycles. The zero-order chi connectivity index (χ0) is 17.5. The van der Waals surface area contributed by atoms with Gasteiger partial charge in [0.1, 0.15) is 0 Å². The highest BCUT2D eigenvalue weighted by Crippen LogP contribution is 1.82.